The largest absolute Gasteiger partial charge is 0.492 e. The minimum atomic E-state index is -0.836. The molecule has 0 unspecified atom stereocenters. The van der Waals surface area contributed by atoms with Gasteiger partial charge in [-0.25, -0.2) is 9.18 Å². The van der Waals surface area contributed by atoms with Crippen LogP contribution in [0.2, 0.25) is 0 Å². The Morgan fingerprint density at radius 2 is 1.91 bits per heavy atom. The van der Waals surface area contributed by atoms with Gasteiger partial charge in [-0.1, -0.05) is 13.8 Å². The SMILES string of the molecule is CC(C)CC[C@@]1(C)NC(=O)N(CCOc2ccc(F)cc2)C1=O. The van der Waals surface area contributed by atoms with E-state index < -0.39 is 5.54 Å². The number of imide groups is 1. The summed E-state index contributed by atoms with van der Waals surface area (Å²) >= 11 is 0. The Hall–Kier alpha value is -2.11. The van der Waals surface area contributed by atoms with Crippen LogP contribution in [0.15, 0.2) is 24.3 Å². The maximum atomic E-state index is 12.8. The number of halogens is 1. The Labute approximate surface area is 135 Å². The normalized spacial score (nSPS) is 21.0. The highest BCUT2D eigenvalue weighted by Gasteiger charge is 2.47. The van der Waals surface area contributed by atoms with Crippen molar-refractivity contribution in [2.24, 2.45) is 5.92 Å². The van der Waals surface area contributed by atoms with E-state index in [2.05, 4.69) is 19.2 Å². The summed E-state index contributed by atoms with van der Waals surface area (Å²) < 4.78 is 18.3. The number of nitrogens with one attached hydrogen (secondary N) is 1. The van der Waals surface area contributed by atoms with E-state index in [1.807, 2.05) is 0 Å². The van der Waals surface area contributed by atoms with Gasteiger partial charge in [-0.15, -0.1) is 0 Å². The van der Waals surface area contributed by atoms with Gasteiger partial charge in [0, 0.05) is 0 Å². The van der Waals surface area contributed by atoms with Crippen LogP contribution in [0.5, 0.6) is 5.75 Å². The Morgan fingerprint density at radius 1 is 1.26 bits per heavy atom. The summed E-state index contributed by atoms with van der Waals surface area (Å²) in [5.74, 6) is 0.409. The molecule has 1 aromatic rings. The zero-order valence-electron chi connectivity index (χ0n) is 13.8. The number of carbonyl (C=O) groups excluding carboxylic acids is 2. The van der Waals surface area contributed by atoms with E-state index in [-0.39, 0.29) is 30.9 Å². The number of amides is 3. The van der Waals surface area contributed by atoms with Crippen LogP contribution in [0.1, 0.15) is 33.6 Å². The van der Waals surface area contributed by atoms with Crippen molar-refractivity contribution in [2.45, 2.75) is 39.2 Å². The quantitative estimate of drug-likeness (QED) is 0.785. The highest BCUT2D eigenvalue weighted by atomic mass is 19.1. The van der Waals surface area contributed by atoms with Crippen LogP contribution < -0.4 is 10.1 Å². The zero-order chi connectivity index (χ0) is 17.0. The molecule has 6 heteroatoms. The Bertz CT molecular complexity index is 574. The fourth-order valence-electron chi connectivity index (χ4n) is 2.48. The summed E-state index contributed by atoms with van der Waals surface area (Å²) in [4.78, 5) is 25.7. The number of nitrogens with zero attached hydrogens (tertiary/aromatic N) is 1. The number of rotatable bonds is 7. The predicted molar refractivity (Wildman–Crippen MR) is 84.6 cm³/mol. The van der Waals surface area contributed by atoms with E-state index >= 15 is 0 Å². The Morgan fingerprint density at radius 3 is 2.52 bits per heavy atom. The molecule has 5 nitrogen and oxygen atoms in total. The summed E-state index contributed by atoms with van der Waals surface area (Å²) in [6.45, 7) is 6.26. The second-order valence-corrected chi connectivity index (χ2v) is 6.45. The molecule has 1 aliphatic heterocycles. The van der Waals surface area contributed by atoms with Gasteiger partial charge in [0.05, 0.1) is 6.54 Å². The van der Waals surface area contributed by atoms with E-state index in [1.54, 1.807) is 6.92 Å². The van der Waals surface area contributed by atoms with E-state index in [1.165, 1.54) is 29.2 Å². The minimum absolute atomic E-state index is 0.166. The van der Waals surface area contributed by atoms with E-state index in [4.69, 9.17) is 4.74 Å². The molecule has 23 heavy (non-hydrogen) atoms. The van der Waals surface area contributed by atoms with Crippen LogP contribution in [0.3, 0.4) is 0 Å². The third kappa shape index (κ3) is 4.21. The Balaban J connectivity index is 1.88. The second kappa shape index (κ2) is 6.98. The first-order chi connectivity index (χ1) is 10.8. The van der Waals surface area contributed by atoms with Gasteiger partial charge in [0.25, 0.3) is 5.91 Å². The summed E-state index contributed by atoms with van der Waals surface area (Å²) in [6.07, 6.45) is 1.48. The molecule has 1 heterocycles. The van der Waals surface area contributed by atoms with Crippen LogP contribution in [-0.4, -0.2) is 35.5 Å². The third-order valence-electron chi connectivity index (χ3n) is 3.96. The summed E-state index contributed by atoms with van der Waals surface area (Å²) in [5.41, 5.74) is -0.836. The minimum Gasteiger partial charge on any atom is -0.492 e. The van der Waals surface area contributed by atoms with E-state index in [0.29, 0.717) is 18.1 Å². The van der Waals surface area contributed by atoms with Crippen molar-refractivity contribution in [3.05, 3.63) is 30.1 Å². The molecule has 1 saturated heterocycles. The first-order valence-electron chi connectivity index (χ1n) is 7.84. The smallest absolute Gasteiger partial charge is 0.325 e. The molecule has 1 atom stereocenters. The highest BCUT2D eigenvalue weighted by molar-refractivity contribution is 6.06. The van der Waals surface area contributed by atoms with Crippen LogP contribution in [0.25, 0.3) is 0 Å². The molecule has 1 aliphatic rings. The van der Waals surface area contributed by atoms with Crippen molar-refractivity contribution >= 4 is 11.9 Å². The molecule has 1 fully saturated rings. The van der Waals surface area contributed by atoms with Crippen molar-refractivity contribution in [1.82, 2.24) is 10.2 Å². The molecular weight excluding hydrogens is 299 g/mol. The number of benzene rings is 1. The molecule has 2 rings (SSSR count). The van der Waals surface area contributed by atoms with Gasteiger partial charge < -0.3 is 10.1 Å². The van der Waals surface area contributed by atoms with Crippen molar-refractivity contribution in [3.63, 3.8) is 0 Å². The lowest BCUT2D eigenvalue weighted by Gasteiger charge is -2.22. The Kier molecular flexibility index (Phi) is 5.23. The van der Waals surface area contributed by atoms with Crippen LogP contribution >= 0.6 is 0 Å². The van der Waals surface area contributed by atoms with Crippen molar-refractivity contribution in [2.75, 3.05) is 13.2 Å². The van der Waals surface area contributed by atoms with Gasteiger partial charge in [0.1, 0.15) is 23.7 Å². The van der Waals surface area contributed by atoms with Crippen molar-refractivity contribution in [3.8, 4) is 5.75 Å². The van der Waals surface area contributed by atoms with Crippen LogP contribution in [0, 0.1) is 11.7 Å². The highest BCUT2D eigenvalue weighted by Crippen LogP contribution is 2.24. The molecule has 0 aromatic heterocycles. The van der Waals surface area contributed by atoms with Gasteiger partial charge in [0.15, 0.2) is 0 Å². The molecule has 0 saturated carbocycles. The van der Waals surface area contributed by atoms with Crippen molar-refractivity contribution in [1.29, 1.82) is 0 Å². The molecule has 0 radical (unpaired) electrons. The number of hydrogen-bond donors (Lipinski definition) is 1. The molecule has 3 amide bonds. The monoisotopic (exact) mass is 322 g/mol. The number of urea groups is 1. The van der Waals surface area contributed by atoms with Gasteiger partial charge in [0.2, 0.25) is 0 Å². The van der Waals surface area contributed by atoms with Crippen molar-refractivity contribution < 1.29 is 18.7 Å². The molecule has 126 valence electrons. The zero-order valence-corrected chi connectivity index (χ0v) is 13.8. The molecule has 0 bridgehead atoms. The second-order valence-electron chi connectivity index (χ2n) is 6.45. The van der Waals surface area contributed by atoms with E-state index in [0.717, 1.165) is 6.42 Å². The van der Waals surface area contributed by atoms with Gasteiger partial charge in [-0.3, -0.25) is 9.69 Å². The van der Waals surface area contributed by atoms with Gasteiger partial charge in [-0.05, 0) is 49.9 Å². The average Bonchev–Trinajstić information content (AvgIpc) is 2.71. The first-order valence-corrected chi connectivity index (χ1v) is 7.84. The van der Waals surface area contributed by atoms with E-state index in [9.17, 15) is 14.0 Å². The lowest BCUT2D eigenvalue weighted by Crippen LogP contribution is -2.44. The summed E-state index contributed by atoms with van der Waals surface area (Å²) in [7, 11) is 0. The topological polar surface area (TPSA) is 58.6 Å². The maximum Gasteiger partial charge on any atom is 0.325 e. The summed E-state index contributed by atoms with van der Waals surface area (Å²) in [6, 6.07) is 5.23. The molecule has 0 spiro atoms. The number of ether oxygens (including phenoxy) is 1. The fourth-order valence-corrected chi connectivity index (χ4v) is 2.48. The standard InChI is InChI=1S/C17H23FN2O3/c1-12(2)8-9-17(3)15(21)20(16(22)19-17)10-11-23-14-6-4-13(18)5-7-14/h4-7,12H,8-11H2,1-3H3,(H,19,22)/t17-/m1/s1. The lowest BCUT2D eigenvalue weighted by atomic mass is 9.92. The fraction of sp³-hybridized carbons (Fsp3) is 0.529. The maximum absolute atomic E-state index is 12.8. The van der Waals surface area contributed by atoms with Gasteiger partial charge >= 0.3 is 6.03 Å². The number of hydrogen-bond acceptors (Lipinski definition) is 3. The molecule has 1 N–H and O–H groups in total. The summed E-state index contributed by atoms with van der Waals surface area (Å²) in [5, 5.41) is 2.77. The lowest BCUT2D eigenvalue weighted by molar-refractivity contribution is -0.131. The average molecular weight is 322 g/mol. The molecule has 1 aromatic carbocycles. The van der Waals surface area contributed by atoms with Gasteiger partial charge in [-0.2, -0.15) is 0 Å². The predicted octanol–water partition coefficient (Wildman–Crippen LogP) is 2.95. The third-order valence-corrected chi connectivity index (χ3v) is 3.96. The van der Waals surface area contributed by atoms with Crippen LogP contribution in [-0.2, 0) is 4.79 Å². The molecular formula is C17H23FN2O3. The van der Waals surface area contributed by atoms with Crippen LogP contribution in [0.4, 0.5) is 9.18 Å². The molecule has 0 aliphatic carbocycles. The number of carbonyl (C=O) groups is 2. The first kappa shape index (κ1) is 17.2.